The molecule has 3 nitrogen and oxygen atoms in total. The molecule has 0 saturated carbocycles. The van der Waals surface area contributed by atoms with Gasteiger partial charge in [0.15, 0.2) is 0 Å². The van der Waals surface area contributed by atoms with Crippen molar-refractivity contribution in [2.45, 2.75) is 13.0 Å². The van der Waals surface area contributed by atoms with Gasteiger partial charge in [-0.3, -0.25) is 10.7 Å². The van der Waals surface area contributed by atoms with Gasteiger partial charge in [-0.2, -0.15) is 0 Å². The minimum absolute atomic E-state index is 0.140. The second kappa shape index (κ2) is 4.33. The van der Waals surface area contributed by atoms with Crippen LogP contribution in [-0.4, -0.2) is 24.7 Å². The van der Waals surface area contributed by atoms with Crippen LogP contribution in [0.25, 0.3) is 0 Å². The van der Waals surface area contributed by atoms with Gasteiger partial charge in [-0.25, -0.2) is 5.43 Å². The van der Waals surface area contributed by atoms with E-state index in [1.807, 2.05) is 18.9 Å². The second-order valence-corrected chi connectivity index (χ2v) is 1.96. The number of nitrogens with two attached hydrogens (primary N) is 1. The zero-order valence-electron chi connectivity index (χ0n) is 5.89. The fraction of sp³-hybridized carbons (Fsp3) is 0.667. The van der Waals surface area contributed by atoms with Gasteiger partial charge in [-0.05, 0) is 14.0 Å². The first-order valence-electron chi connectivity index (χ1n) is 2.82. The standard InChI is InChI=1S/C6H13N3/c1-4-6(2)9(3)5-8-7/h1,6,8H,5,7H2,2-3H3. The van der Waals surface area contributed by atoms with Crippen LogP contribution in [0, 0.1) is 12.3 Å². The van der Waals surface area contributed by atoms with E-state index in [1.54, 1.807) is 0 Å². The minimum atomic E-state index is 0.140. The molecule has 0 spiro atoms. The summed E-state index contributed by atoms with van der Waals surface area (Å²) in [4.78, 5) is 1.93. The van der Waals surface area contributed by atoms with Crippen molar-refractivity contribution in [1.29, 1.82) is 0 Å². The van der Waals surface area contributed by atoms with E-state index in [2.05, 4.69) is 11.3 Å². The fourth-order valence-corrected chi connectivity index (χ4v) is 0.408. The molecule has 0 aliphatic heterocycles. The lowest BCUT2D eigenvalue weighted by Crippen LogP contribution is -2.39. The Morgan fingerprint density at radius 1 is 1.89 bits per heavy atom. The highest BCUT2D eigenvalue weighted by molar-refractivity contribution is 4.95. The minimum Gasteiger partial charge on any atom is -0.279 e. The number of hydrogen-bond acceptors (Lipinski definition) is 3. The SMILES string of the molecule is C#CC(C)N(C)CNN. The normalized spacial score (nSPS) is 13.2. The fourth-order valence-electron chi connectivity index (χ4n) is 0.408. The van der Waals surface area contributed by atoms with E-state index in [1.165, 1.54) is 0 Å². The first-order chi connectivity index (χ1) is 4.22. The quantitative estimate of drug-likeness (QED) is 0.229. The Bertz CT molecular complexity index is 105. The summed E-state index contributed by atoms with van der Waals surface area (Å²) in [5.41, 5.74) is 2.51. The van der Waals surface area contributed by atoms with Crippen LogP contribution >= 0.6 is 0 Å². The molecule has 9 heavy (non-hydrogen) atoms. The molecule has 0 saturated heterocycles. The van der Waals surface area contributed by atoms with Crippen molar-refractivity contribution in [3.8, 4) is 12.3 Å². The Balaban J connectivity index is 3.48. The van der Waals surface area contributed by atoms with E-state index in [4.69, 9.17) is 12.3 Å². The molecule has 0 heterocycles. The number of nitrogens with one attached hydrogen (secondary N) is 1. The van der Waals surface area contributed by atoms with Crippen molar-refractivity contribution in [2.24, 2.45) is 5.84 Å². The van der Waals surface area contributed by atoms with Crippen molar-refractivity contribution in [1.82, 2.24) is 10.3 Å². The van der Waals surface area contributed by atoms with Crippen LogP contribution in [0.4, 0.5) is 0 Å². The molecule has 3 heteroatoms. The average Bonchev–Trinajstić information content (AvgIpc) is 1.87. The molecule has 0 rings (SSSR count). The van der Waals surface area contributed by atoms with Crippen molar-refractivity contribution >= 4 is 0 Å². The molecule has 0 aromatic rings. The van der Waals surface area contributed by atoms with E-state index in [9.17, 15) is 0 Å². The molecule has 0 aromatic carbocycles. The summed E-state index contributed by atoms with van der Waals surface area (Å²) in [7, 11) is 1.91. The molecule has 0 bridgehead atoms. The van der Waals surface area contributed by atoms with Gasteiger partial charge >= 0.3 is 0 Å². The molecular formula is C6H13N3. The predicted molar refractivity (Wildman–Crippen MR) is 38.2 cm³/mol. The molecule has 0 amide bonds. The Labute approximate surface area is 56.2 Å². The summed E-state index contributed by atoms with van der Waals surface area (Å²) >= 11 is 0. The highest BCUT2D eigenvalue weighted by atomic mass is 15.3. The van der Waals surface area contributed by atoms with Gasteiger partial charge in [0, 0.05) is 0 Å². The van der Waals surface area contributed by atoms with Crippen LogP contribution in [0.1, 0.15) is 6.92 Å². The number of nitrogens with zero attached hydrogens (tertiary/aromatic N) is 1. The maximum atomic E-state index is 5.14. The third-order valence-electron chi connectivity index (χ3n) is 1.24. The van der Waals surface area contributed by atoms with Crippen LogP contribution in [0.5, 0.6) is 0 Å². The Morgan fingerprint density at radius 2 is 2.44 bits per heavy atom. The smallest absolute Gasteiger partial charge is 0.0691 e. The predicted octanol–water partition coefficient (Wildman–Crippen LogP) is -0.639. The van der Waals surface area contributed by atoms with Crippen molar-refractivity contribution < 1.29 is 0 Å². The van der Waals surface area contributed by atoms with Gasteiger partial charge in [0.05, 0.1) is 12.7 Å². The molecule has 3 N–H and O–H groups in total. The van der Waals surface area contributed by atoms with E-state index in [0.29, 0.717) is 6.67 Å². The zero-order valence-corrected chi connectivity index (χ0v) is 5.89. The summed E-state index contributed by atoms with van der Waals surface area (Å²) in [6.45, 7) is 2.56. The lowest BCUT2D eigenvalue weighted by molar-refractivity contribution is 0.282. The maximum Gasteiger partial charge on any atom is 0.0691 e. The van der Waals surface area contributed by atoms with Gasteiger partial charge in [0.25, 0.3) is 0 Å². The van der Waals surface area contributed by atoms with Gasteiger partial charge in [-0.1, -0.05) is 5.92 Å². The van der Waals surface area contributed by atoms with Crippen LogP contribution < -0.4 is 11.3 Å². The molecule has 0 aromatic heterocycles. The highest BCUT2D eigenvalue weighted by Gasteiger charge is 2.01. The molecule has 52 valence electrons. The molecule has 0 radical (unpaired) electrons. The third-order valence-corrected chi connectivity index (χ3v) is 1.24. The van der Waals surface area contributed by atoms with E-state index < -0.39 is 0 Å². The van der Waals surface area contributed by atoms with Crippen LogP contribution in [0.2, 0.25) is 0 Å². The number of terminal acetylenes is 1. The Kier molecular flexibility index (Phi) is 4.06. The van der Waals surface area contributed by atoms with Crippen LogP contribution in [-0.2, 0) is 0 Å². The van der Waals surface area contributed by atoms with E-state index in [0.717, 1.165) is 0 Å². The van der Waals surface area contributed by atoms with Crippen molar-refractivity contribution in [3.05, 3.63) is 0 Å². The summed E-state index contributed by atoms with van der Waals surface area (Å²) in [5, 5.41) is 0. The third kappa shape index (κ3) is 3.09. The van der Waals surface area contributed by atoms with E-state index >= 15 is 0 Å². The lowest BCUT2D eigenvalue weighted by Gasteiger charge is -2.18. The van der Waals surface area contributed by atoms with Crippen LogP contribution in [0.3, 0.4) is 0 Å². The summed E-state index contributed by atoms with van der Waals surface area (Å²) in [6.07, 6.45) is 5.14. The molecule has 1 unspecified atom stereocenters. The first-order valence-corrected chi connectivity index (χ1v) is 2.82. The molecule has 0 fully saturated rings. The van der Waals surface area contributed by atoms with E-state index in [-0.39, 0.29) is 6.04 Å². The largest absolute Gasteiger partial charge is 0.279 e. The van der Waals surface area contributed by atoms with Gasteiger partial charge in [0.1, 0.15) is 0 Å². The first kappa shape index (κ1) is 8.44. The summed E-state index contributed by atoms with van der Waals surface area (Å²) < 4.78 is 0. The highest BCUT2D eigenvalue weighted by Crippen LogP contribution is 1.88. The molecular weight excluding hydrogens is 114 g/mol. The summed E-state index contributed by atoms with van der Waals surface area (Å²) in [6, 6.07) is 0.140. The summed E-state index contributed by atoms with van der Waals surface area (Å²) in [5.74, 6) is 7.64. The second-order valence-electron chi connectivity index (χ2n) is 1.96. The van der Waals surface area contributed by atoms with Gasteiger partial charge < -0.3 is 0 Å². The van der Waals surface area contributed by atoms with Gasteiger partial charge in [-0.15, -0.1) is 6.42 Å². The topological polar surface area (TPSA) is 41.3 Å². The monoisotopic (exact) mass is 127 g/mol. The lowest BCUT2D eigenvalue weighted by atomic mass is 10.3. The van der Waals surface area contributed by atoms with Crippen molar-refractivity contribution in [3.63, 3.8) is 0 Å². The number of hydrazine groups is 1. The maximum absolute atomic E-state index is 5.14. The molecule has 1 atom stereocenters. The molecule has 0 aliphatic carbocycles. The van der Waals surface area contributed by atoms with Crippen molar-refractivity contribution in [2.75, 3.05) is 13.7 Å². The average molecular weight is 127 g/mol. The number of rotatable bonds is 3. The zero-order chi connectivity index (χ0) is 7.28. The Hall–Kier alpha value is -0.560. The van der Waals surface area contributed by atoms with Gasteiger partial charge in [0.2, 0.25) is 0 Å². The number of hydrogen-bond donors (Lipinski definition) is 2. The van der Waals surface area contributed by atoms with Crippen LogP contribution in [0.15, 0.2) is 0 Å². The Morgan fingerprint density at radius 3 is 2.78 bits per heavy atom. The molecule has 0 aliphatic rings.